The number of para-hydroxylation sites is 1. The number of aromatic nitrogens is 1. The molecule has 27 heavy (non-hydrogen) atoms. The second kappa shape index (κ2) is 7.21. The SMILES string of the molecule is CC(=O)C1=CC(c2ccc(OCc3cc(C)nc4ccccc34)cc2)ON1. The fraction of sp³-hybridized carbons (Fsp3) is 0.182. The molecule has 5 nitrogen and oxygen atoms in total. The Morgan fingerprint density at radius 2 is 1.96 bits per heavy atom. The number of carbonyl (C=O) groups excluding carboxylic acids is 1. The van der Waals surface area contributed by atoms with Gasteiger partial charge in [-0.2, -0.15) is 0 Å². The van der Waals surface area contributed by atoms with Gasteiger partial charge < -0.3 is 4.74 Å². The number of pyridine rings is 1. The Labute approximate surface area is 157 Å². The van der Waals surface area contributed by atoms with Gasteiger partial charge in [0.2, 0.25) is 0 Å². The molecule has 1 N–H and O–H groups in total. The molecule has 1 aliphatic heterocycles. The van der Waals surface area contributed by atoms with Gasteiger partial charge in [0.25, 0.3) is 0 Å². The van der Waals surface area contributed by atoms with Gasteiger partial charge in [-0.05, 0) is 42.8 Å². The topological polar surface area (TPSA) is 60.5 Å². The first kappa shape index (κ1) is 17.2. The molecule has 5 heteroatoms. The molecule has 0 saturated carbocycles. The van der Waals surface area contributed by atoms with E-state index in [2.05, 4.69) is 22.6 Å². The molecule has 1 aromatic heterocycles. The Bertz CT molecular complexity index is 1030. The van der Waals surface area contributed by atoms with Crippen molar-refractivity contribution in [1.82, 2.24) is 10.5 Å². The number of Topliss-reactive ketones (excluding diaryl/α,β-unsaturated/α-hetero) is 1. The number of nitrogens with one attached hydrogen (secondary N) is 1. The Balaban J connectivity index is 1.48. The Morgan fingerprint density at radius 3 is 2.70 bits per heavy atom. The molecule has 1 unspecified atom stereocenters. The van der Waals surface area contributed by atoms with Gasteiger partial charge in [0.15, 0.2) is 5.78 Å². The summed E-state index contributed by atoms with van der Waals surface area (Å²) < 4.78 is 5.98. The lowest BCUT2D eigenvalue weighted by Crippen LogP contribution is -2.12. The molecule has 0 spiro atoms. The quantitative estimate of drug-likeness (QED) is 0.740. The highest BCUT2D eigenvalue weighted by atomic mass is 16.7. The number of ether oxygens (including phenoxy) is 1. The summed E-state index contributed by atoms with van der Waals surface area (Å²) in [6, 6.07) is 17.8. The maximum atomic E-state index is 11.4. The number of benzene rings is 2. The van der Waals surface area contributed by atoms with Crippen LogP contribution >= 0.6 is 0 Å². The van der Waals surface area contributed by atoms with E-state index in [1.54, 1.807) is 6.08 Å². The summed E-state index contributed by atoms with van der Waals surface area (Å²) in [4.78, 5) is 21.4. The third-order valence-electron chi connectivity index (χ3n) is 4.53. The first-order valence-corrected chi connectivity index (χ1v) is 8.82. The monoisotopic (exact) mass is 360 g/mol. The van der Waals surface area contributed by atoms with Crippen molar-refractivity contribution < 1.29 is 14.4 Å². The largest absolute Gasteiger partial charge is 0.489 e. The van der Waals surface area contributed by atoms with E-state index in [0.29, 0.717) is 12.3 Å². The first-order chi connectivity index (χ1) is 13.1. The van der Waals surface area contributed by atoms with E-state index in [1.807, 2.05) is 49.4 Å². The maximum absolute atomic E-state index is 11.4. The average molecular weight is 360 g/mol. The molecular formula is C22H20N2O3. The molecule has 0 aliphatic carbocycles. The summed E-state index contributed by atoms with van der Waals surface area (Å²) >= 11 is 0. The van der Waals surface area contributed by atoms with Gasteiger partial charge in [-0.3, -0.25) is 20.1 Å². The fourth-order valence-corrected chi connectivity index (χ4v) is 3.13. The fourth-order valence-electron chi connectivity index (χ4n) is 3.13. The number of allylic oxidation sites excluding steroid dienone is 1. The Morgan fingerprint density at radius 1 is 1.19 bits per heavy atom. The normalized spacial score (nSPS) is 16.1. The van der Waals surface area contributed by atoms with E-state index >= 15 is 0 Å². The van der Waals surface area contributed by atoms with Gasteiger partial charge in [-0.25, -0.2) is 0 Å². The van der Waals surface area contributed by atoms with Crippen LogP contribution in [0.25, 0.3) is 10.9 Å². The van der Waals surface area contributed by atoms with Crippen LogP contribution in [-0.4, -0.2) is 10.8 Å². The van der Waals surface area contributed by atoms with Gasteiger partial charge in [0, 0.05) is 23.6 Å². The van der Waals surface area contributed by atoms with E-state index in [-0.39, 0.29) is 11.9 Å². The molecule has 136 valence electrons. The third-order valence-corrected chi connectivity index (χ3v) is 4.53. The summed E-state index contributed by atoms with van der Waals surface area (Å²) in [5.74, 6) is 0.733. The molecule has 2 aromatic carbocycles. The zero-order valence-corrected chi connectivity index (χ0v) is 15.2. The number of nitrogens with zero attached hydrogens (tertiary/aromatic N) is 1. The smallest absolute Gasteiger partial charge is 0.177 e. The lowest BCUT2D eigenvalue weighted by atomic mass is 10.1. The molecule has 0 amide bonds. The van der Waals surface area contributed by atoms with Crippen molar-refractivity contribution in [1.29, 1.82) is 0 Å². The van der Waals surface area contributed by atoms with Crippen LogP contribution < -0.4 is 10.2 Å². The molecule has 1 aliphatic rings. The predicted octanol–water partition coefficient (Wildman–Crippen LogP) is 4.17. The second-order valence-corrected chi connectivity index (χ2v) is 6.57. The van der Waals surface area contributed by atoms with Crippen LogP contribution in [0.5, 0.6) is 5.75 Å². The standard InChI is InChI=1S/C22H20N2O3/c1-14-11-17(19-5-3-4-6-20(19)23-14)13-26-18-9-7-16(8-10-18)22-12-21(15(2)25)24-27-22/h3-12,22,24H,13H2,1-2H3. The zero-order valence-electron chi connectivity index (χ0n) is 15.2. The minimum Gasteiger partial charge on any atom is -0.489 e. The number of ketones is 1. The molecular weight excluding hydrogens is 340 g/mol. The number of hydrogen-bond donors (Lipinski definition) is 1. The van der Waals surface area contributed by atoms with E-state index in [9.17, 15) is 4.79 Å². The summed E-state index contributed by atoms with van der Waals surface area (Å²) in [7, 11) is 0. The van der Waals surface area contributed by atoms with Gasteiger partial charge in [-0.1, -0.05) is 30.3 Å². The number of fused-ring (bicyclic) bond motifs is 1. The van der Waals surface area contributed by atoms with E-state index in [4.69, 9.17) is 9.57 Å². The number of hydroxylamine groups is 1. The average Bonchev–Trinajstić information content (AvgIpc) is 3.17. The van der Waals surface area contributed by atoms with Crippen LogP contribution in [0.1, 0.15) is 29.8 Å². The van der Waals surface area contributed by atoms with Gasteiger partial charge >= 0.3 is 0 Å². The highest BCUT2D eigenvalue weighted by molar-refractivity contribution is 5.92. The van der Waals surface area contributed by atoms with Gasteiger partial charge in [-0.15, -0.1) is 0 Å². The molecule has 1 atom stereocenters. The van der Waals surface area contributed by atoms with E-state index in [1.165, 1.54) is 6.92 Å². The van der Waals surface area contributed by atoms with Crippen LogP contribution in [0, 0.1) is 6.92 Å². The van der Waals surface area contributed by atoms with Crippen molar-refractivity contribution in [3.05, 3.63) is 83.2 Å². The van der Waals surface area contributed by atoms with Crippen molar-refractivity contribution in [3.8, 4) is 5.75 Å². The molecule has 0 fully saturated rings. The predicted molar refractivity (Wildman–Crippen MR) is 103 cm³/mol. The minimum absolute atomic E-state index is 0.0441. The lowest BCUT2D eigenvalue weighted by molar-refractivity contribution is -0.114. The molecule has 0 saturated heterocycles. The van der Waals surface area contributed by atoms with Crippen LogP contribution in [0.15, 0.2) is 66.4 Å². The van der Waals surface area contributed by atoms with Crippen molar-refractivity contribution in [3.63, 3.8) is 0 Å². The second-order valence-electron chi connectivity index (χ2n) is 6.57. The Hall–Kier alpha value is -3.18. The summed E-state index contributed by atoms with van der Waals surface area (Å²) in [6.07, 6.45) is 1.51. The van der Waals surface area contributed by atoms with Crippen LogP contribution in [0.4, 0.5) is 0 Å². The number of hydrogen-bond acceptors (Lipinski definition) is 5. The van der Waals surface area contributed by atoms with Crippen LogP contribution in [0.3, 0.4) is 0 Å². The van der Waals surface area contributed by atoms with E-state index < -0.39 is 0 Å². The highest BCUT2D eigenvalue weighted by Crippen LogP contribution is 2.27. The van der Waals surface area contributed by atoms with Crippen LogP contribution in [0.2, 0.25) is 0 Å². The summed E-state index contributed by atoms with van der Waals surface area (Å²) in [5, 5.41) is 1.10. The number of rotatable bonds is 5. The van der Waals surface area contributed by atoms with Crippen molar-refractivity contribution in [2.45, 2.75) is 26.6 Å². The van der Waals surface area contributed by atoms with Crippen LogP contribution in [-0.2, 0) is 16.2 Å². The molecule has 4 rings (SSSR count). The zero-order chi connectivity index (χ0) is 18.8. The van der Waals surface area contributed by atoms with Gasteiger partial charge in [0.05, 0.1) is 5.52 Å². The summed E-state index contributed by atoms with van der Waals surface area (Å²) in [6.45, 7) is 3.97. The molecule has 3 aromatic rings. The number of carbonyl (C=O) groups is 1. The van der Waals surface area contributed by atoms with E-state index in [0.717, 1.165) is 33.5 Å². The summed E-state index contributed by atoms with van der Waals surface area (Å²) in [5.41, 5.74) is 7.17. The Kier molecular flexibility index (Phi) is 4.60. The molecule has 0 radical (unpaired) electrons. The van der Waals surface area contributed by atoms with Crippen molar-refractivity contribution in [2.24, 2.45) is 0 Å². The third kappa shape index (κ3) is 3.68. The minimum atomic E-state index is -0.273. The van der Waals surface area contributed by atoms with Crippen molar-refractivity contribution >= 4 is 16.7 Å². The number of aryl methyl sites for hydroxylation is 1. The van der Waals surface area contributed by atoms with Gasteiger partial charge in [0.1, 0.15) is 24.2 Å². The van der Waals surface area contributed by atoms with Crippen molar-refractivity contribution in [2.75, 3.05) is 0 Å². The molecule has 2 heterocycles. The maximum Gasteiger partial charge on any atom is 0.177 e. The lowest BCUT2D eigenvalue weighted by Gasteiger charge is -2.12. The molecule has 0 bridgehead atoms. The highest BCUT2D eigenvalue weighted by Gasteiger charge is 2.20. The first-order valence-electron chi connectivity index (χ1n) is 8.82.